The SMILES string of the molecule is CC(=O)OC[C@H]1O[C@@H](Sc2ccc(C(C)=O)cc2)[C@H](OC(C)=O)[C@@H](OC(C)=O)[C@H]1OC(C)=O. The molecule has 0 radical (unpaired) electrons. The Bertz CT molecular complexity index is 897. The molecule has 5 atom stereocenters. The quantitative estimate of drug-likeness (QED) is 0.306. The van der Waals surface area contributed by atoms with E-state index in [0.29, 0.717) is 10.5 Å². The van der Waals surface area contributed by atoms with Crippen LogP contribution in [0.2, 0.25) is 0 Å². The first-order valence-electron chi connectivity index (χ1n) is 10.1. The smallest absolute Gasteiger partial charge is 0.303 e. The normalized spacial score (nSPS) is 24.3. The van der Waals surface area contributed by atoms with Crippen molar-refractivity contribution in [1.82, 2.24) is 0 Å². The maximum absolute atomic E-state index is 11.8. The summed E-state index contributed by atoms with van der Waals surface area (Å²) >= 11 is 1.14. The summed E-state index contributed by atoms with van der Waals surface area (Å²) < 4.78 is 27.2. The zero-order chi connectivity index (χ0) is 24.7. The Morgan fingerprint density at radius 3 is 1.76 bits per heavy atom. The van der Waals surface area contributed by atoms with Gasteiger partial charge in [-0.3, -0.25) is 24.0 Å². The molecule has 0 unspecified atom stereocenters. The molecule has 1 aliphatic heterocycles. The zero-order valence-corrected chi connectivity index (χ0v) is 19.7. The molecule has 1 aliphatic rings. The topological polar surface area (TPSA) is 132 Å². The van der Waals surface area contributed by atoms with E-state index in [1.165, 1.54) is 20.8 Å². The maximum Gasteiger partial charge on any atom is 0.303 e. The number of ether oxygens (including phenoxy) is 5. The molecule has 0 N–H and O–H groups in total. The molecule has 33 heavy (non-hydrogen) atoms. The van der Waals surface area contributed by atoms with Crippen molar-refractivity contribution in [2.45, 2.75) is 69.4 Å². The van der Waals surface area contributed by atoms with Crippen LogP contribution in [0.5, 0.6) is 0 Å². The lowest BCUT2D eigenvalue weighted by Gasteiger charge is -2.44. The fourth-order valence-electron chi connectivity index (χ4n) is 3.19. The fraction of sp³-hybridized carbons (Fsp3) is 0.500. The first-order valence-corrected chi connectivity index (χ1v) is 10.9. The third-order valence-electron chi connectivity index (χ3n) is 4.46. The predicted molar refractivity (Wildman–Crippen MR) is 114 cm³/mol. The molecule has 11 heteroatoms. The van der Waals surface area contributed by atoms with Crippen LogP contribution in [0.1, 0.15) is 45.0 Å². The van der Waals surface area contributed by atoms with Crippen molar-refractivity contribution in [3.63, 3.8) is 0 Å². The van der Waals surface area contributed by atoms with Crippen LogP contribution in [0.3, 0.4) is 0 Å². The molecule has 1 heterocycles. The van der Waals surface area contributed by atoms with Gasteiger partial charge in [-0.15, -0.1) is 0 Å². The van der Waals surface area contributed by atoms with E-state index in [9.17, 15) is 24.0 Å². The summed E-state index contributed by atoms with van der Waals surface area (Å²) in [7, 11) is 0. The Morgan fingerprint density at radius 1 is 0.758 bits per heavy atom. The van der Waals surface area contributed by atoms with E-state index in [0.717, 1.165) is 25.6 Å². The van der Waals surface area contributed by atoms with Crippen LogP contribution in [-0.2, 0) is 42.9 Å². The van der Waals surface area contributed by atoms with Gasteiger partial charge in [0, 0.05) is 38.2 Å². The summed E-state index contributed by atoms with van der Waals surface area (Å²) in [4.78, 5) is 59.0. The van der Waals surface area contributed by atoms with Crippen LogP contribution in [0.15, 0.2) is 29.2 Å². The molecule has 0 bridgehead atoms. The highest BCUT2D eigenvalue weighted by Gasteiger charge is 2.52. The number of carbonyl (C=O) groups is 5. The van der Waals surface area contributed by atoms with Crippen LogP contribution in [0.4, 0.5) is 0 Å². The molecule has 1 saturated heterocycles. The Kier molecular flexibility index (Phi) is 9.42. The molecular weight excluding hydrogens is 456 g/mol. The van der Waals surface area contributed by atoms with Gasteiger partial charge >= 0.3 is 23.9 Å². The minimum absolute atomic E-state index is 0.0983. The van der Waals surface area contributed by atoms with Crippen molar-refractivity contribution in [2.24, 2.45) is 0 Å². The summed E-state index contributed by atoms with van der Waals surface area (Å²) in [6, 6.07) is 6.65. The van der Waals surface area contributed by atoms with E-state index in [-0.39, 0.29) is 12.4 Å². The molecule has 0 amide bonds. The van der Waals surface area contributed by atoms with Crippen molar-refractivity contribution in [3.05, 3.63) is 29.8 Å². The van der Waals surface area contributed by atoms with Crippen LogP contribution >= 0.6 is 11.8 Å². The highest BCUT2D eigenvalue weighted by molar-refractivity contribution is 7.99. The van der Waals surface area contributed by atoms with Crippen LogP contribution < -0.4 is 0 Å². The molecule has 180 valence electrons. The third kappa shape index (κ3) is 7.86. The molecule has 0 saturated carbocycles. The molecule has 1 aromatic rings. The molecule has 2 rings (SSSR count). The Balaban J connectivity index is 2.43. The standard InChI is InChI=1S/C22H26O10S/c1-11(23)16-6-8-17(9-7-16)33-22-21(31-15(5)27)20(30-14(4)26)19(29-13(3)25)18(32-22)10-28-12(2)24/h6-9,18-22H,10H2,1-5H3/t18-,19+,20+,21-,22+/m1/s1. The lowest BCUT2D eigenvalue weighted by Crippen LogP contribution is -2.61. The van der Waals surface area contributed by atoms with Crippen molar-refractivity contribution in [3.8, 4) is 0 Å². The van der Waals surface area contributed by atoms with Gasteiger partial charge in [0.15, 0.2) is 24.1 Å². The first-order chi connectivity index (χ1) is 15.5. The molecule has 0 aliphatic carbocycles. The van der Waals surface area contributed by atoms with E-state index >= 15 is 0 Å². The van der Waals surface area contributed by atoms with Crippen molar-refractivity contribution in [2.75, 3.05) is 6.61 Å². The van der Waals surface area contributed by atoms with E-state index in [1.54, 1.807) is 24.3 Å². The highest BCUT2D eigenvalue weighted by Crippen LogP contribution is 2.37. The molecule has 10 nitrogen and oxygen atoms in total. The molecule has 1 fully saturated rings. The second kappa shape index (κ2) is 11.8. The van der Waals surface area contributed by atoms with Gasteiger partial charge in [-0.25, -0.2) is 0 Å². The Hall–Kier alpha value is -2.92. The molecule has 1 aromatic carbocycles. The van der Waals surface area contributed by atoms with Crippen LogP contribution in [0, 0.1) is 0 Å². The highest BCUT2D eigenvalue weighted by atomic mass is 32.2. The molecule has 0 aromatic heterocycles. The van der Waals surface area contributed by atoms with E-state index in [2.05, 4.69) is 0 Å². The number of carbonyl (C=O) groups excluding carboxylic acids is 5. The predicted octanol–water partition coefficient (Wildman–Crippen LogP) is 2.06. The maximum atomic E-state index is 11.8. The van der Waals surface area contributed by atoms with Gasteiger partial charge in [-0.2, -0.15) is 0 Å². The lowest BCUT2D eigenvalue weighted by molar-refractivity contribution is -0.237. The minimum Gasteiger partial charge on any atom is -0.463 e. The number of Topliss-reactive ketones (excluding diaryl/α,β-unsaturated/α-hetero) is 1. The first kappa shape index (κ1) is 26.3. The van der Waals surface area contributed by atoms with Crippen LogP contribution in [0.25, 0.3) is 0 Å². The van der Waals surface area contributed by atoms with E-state index in [4.69, 9.17) is 23.7 Å². The summed E-state index contributed by atoms with van der Waals surface area (Å²) in [6.45, 7) is 5.86. The second-order valence-corrected chi connectivity index (χ2v) is 8.44. The third-order valence-corrected chi connectivity index (χ3v) is 5.62. The Morgan fingerprint density at radius 2 is 1.27 bits per heavy atom. The van der Waals surface area contributed by atoms with E-state index in [1.807, 2.05) is 0 Å². The number of esters is 4. The number of ketones is 1. The molecule has 0 spiro atoms. The number of benzene rings is 1. The number of rotatable bonds is 8. The fourth-order valence-corrected chi connectivity index (χ4v) is 4.29. The number of hydrogen-bond acceptors (Lipinski definition) is 11. The lowest BCUT2D eigenvalue weighted by atomic mass is 9.99. The summed E-state index contributed by atoms with van der Waals surface area (Å²) in [5, 5.41) is 0. The van der Waals surface area contributed by atoms with Crippen molar-refractivity contribution < 1.29 is 47.7 Å². The molecular formula is C22H26O10S. The van der Waals surface area contributed by atoms with Crippen molar-refractivity contribution in [1.29, 1.82) is 0 Å². The second-order valence-electron chi connectivity index (χ2n) is 7.27. The summed E-state index contributed by atoms with van der Waals surface area (Å²) in [5.41, 5.74) is -0.408. The van der Waals surface area contributed by atoms with Gasteiger partial charge in [-0.1, -0.05) is 23.9 Å². The van der Waals surface area contributed by atoms with Gasteiger partial charge in [0.2, 0.25) is 0 Å². The van der Waals surface area contributed by atoms with Gasteiger partial charge in [-0.05, 0) is 19.1 Å². The van der Waals surface area contributed by atoms with Crippen LogP contribution in [-0.4, -0.2) is 66.1 Å². The van der Waals surface area contributed by atoms with Gasteiger partial charge in [0.05, 0.1) is 0 Å². The monoisotopic (exact) mass is 482 g/mol. The van der Waals surface area contributed by atoms with E-state index < -0.39 is 53.7 Å². The average molecular weight is 483 g/mol. The minimum atomic E-state index is -1.22. The number of hydrogen-bond donors (Lipinski definition) is 0. The summed E-state index contributed by atoms with van der Waals surface area (Å²) in [5.74, 6) is -2.74. The van der Waals surface area contributed by atoms with Crippen molar-refractivity contribution >= 4 is 41.4 Å². The Labute approximate surface area is 195 Å². The van der Waals surface area contributed by atoms with Gasteiger partial charge in [0.1, 0.15) is 18.1 Å². The zero-order valence-electron chi connectivity index (χ0n) is 18.9. The average Bonchev–Trinajstić information content (AvgIpc) is 2.70. The van der Waals surface area contributed by atoms with Gasteiger partial charge < -0.3 is 23.7 Å². The van der Waals surface area contributed by atoms with Gasteiger partial charge in [0.25, 0.3) is 0 Å². The largest absolute Gasteiger partial charge is 0.463 e. The summed E-state index contributed by atoms with van der Waals surface area (Å²) in [6.07, 6.45) is -4.59. The number of thioether (sulfide) groups is 1.